The molecule has 0 bridgehead atoms. The smallest absolute Gasteiger partial charge is 0.412 e. The van der Waals surface area contributed by atoms with E-state index in [4.69, 9.17) is 4.74 Å². The van der Waals surface area contributed by atoms with Crippen molar-refractivity contribution in [2.24, 2.45) is 0 Å². The number of amides is 1. The zero-order valence-electron chi connectivity index (χ0n) is 8.57. The van der Waals surface area contributed by atoms with Crippen molar-refractivity contribution in [2.75, 3.05) is 18.4 Å². The van der Waals surface area contributed by atoms with Gasteiger partial charge in [-0.15, -0.1) is 9.60 Å². The largest absolute Gasteiger partial charge is 0.436 e. The molecule has 0 aromatic heterocycles. The number of benzene rings is 1. The van der Waals surface area contributed by atoms with Crippen molar-refractivity contribution in [1.29, 1.82) is 0 Å². The summed E-state index contributed by atoms with van der Waals surface area (Å²) in [6.45, 7) is 0.402. The lowest BCUT2D eigenvalue weighted by Crippen LogP contribution is -2.40. The number of hydrogen-bond donors (Lipinski definition) is 1. The maximum absolute atomic E-state index is 13.2. The number of rotatable bonds is 0. The number of hydrogen-bond acceptors (Lipinski definition) is 3. The molecule has 2 heterocycles. The fraction of sp³-hybridized carbons (Fsp3) is 0.364. The molecule has 0 aliphatic carbocycles. The normalized spacial score (nSPS) is 28.7. The second kappa shape index (κ2) is 3.18. The van der Waals surface area contributed by atoms with Gasteiger partial charge in [0.05, 0.1) is 12.2 Å². The molecule has 84 valence electrons. The Morgan fingerprint density at radius 3 is 3.00 bits per heavy atom. The third-order valence-electron chi connectivity index (χ3n) is 3.13. The van der Waals surface area contributed by atoms with E-state index in [9.17, 15) is 9.28 Å². The molecule has 1 saturated heterocycles. The monoisotopic (exact) mass is 222 g/mol. The molecular weight excluding hydrogens is 211 g/mol. The van der Waals surface area contributed by atoms with E-state index < -0.39 is 11.7 Å². The summed E-state index contributed by atoms with van der Waals surface area (Å²) < 4.78 is 18.5. The number of para-hydroxylation sites is 1. The average Bonchev–Trinajstić information content (AvgIpc) is 2.60. The molecule has 1 aromatic rings. The van der Waals surface area contributed by atoms with Crippen LogP contribution in [0.4, 0.5) is 15.0 Å². The molecule has 2 aliphatic heterocycles. The van der Waals surface area contributed by atoms with E-state index in [-0.39, 0.29) is 6.54 Å². The summed E-state index contributed by atoms with van der Waals surface area (Å²) in [6.07, 6.45) is -0.0116. The summed E-state index contributed by atoms with van der Waals surface area (Å²) in [5.74, 6) is 0. The fourth-order valence-corrected chi connectivity index (χ4v) is 2.40. The molecule has 1 unspecified atom stereocenters. The Balaban J connectivity index is 2.10. The van der Waals surface area contributed by atoms with Crippen LogP contribution in [0, 0.1) is 0 Å². The summed E-state index contributed by atoms with van der Waals surface area (Å²) >= 11 is 0. The van der Waals surface area contributed by atoms with Gasteiger partial charge in [-0.2, -0.15) is 0 Å². The molecule has 1 atom stereocenters. The van der Waals surface area contributed by atoms with Crippen LogP contribution in [0.1, 0.15) is 12.0 Å². The molecule has 0 radical (unpaired) electrons. The lowest BCUT2D eigenvalue weighted by molar-refractivity contribution is -0.0166. The standard InChI is InChI=1S/C11H11FN2O2/c12-14-6-5-11(7-14)8-3-1-2-4-9(8)13-10(15)16-11/h1-4H,5-7H2,(H,13,15). The molecule has 4 nitrogen and oxygen atoms in total. The Bertz CT molecular complexity index is 451. The molecule has 1 N–H and O–H groups in total. The van der Waals surface area contributed by atoms with Crippen LogP contribution < -0.4 is 5.32 Å². The van der Waals surface area contributed by atoms with Gasteiger partial charge in [-0.1, -0.05) is 18.2 Å². The highest BCUT2D eigenvalue weighted by molar-refractivity contribution is 5.88. The van der Waals surface area contributed by atoms with Crippen LogP contribution in [0.2, 0.25) is 0 Å². The topological polar surface area (TPSA) is 41.6 Å². The van der Waals surface area contributed by atoms with Gasteiger partial charge in [0.25, 0.3) is 0 Å². The second-order valence-corrected chi connectivity index (χ2v) is 4.15. The van der Waals surface area contributed by atoms with Gasteiger partial charge in [0, 0.05) is 18.5 Å². The summed E-state index contributed by atoms with van der Waals surface area (Å²) in [6, 6.07) is 7.37. The lowest BCUT2D eigenvalue weighted by atomic mass is 9.90. The van der Waals surface area contributed by atoms with E-state index in [1.165, 1.54) is 0 Å². The molecular formula is C11H11FN2O2. The first-order valence-electron chi connectivity index (χ1n) is 5.20. The van der Waals surface area contributed by atoms with Crippen molar-refractivity contribution in [2.45, 2.75) is 12.0 Å². The van der Waals surface area contributed by atoms with Crippen LogP contribution >= 0.6 is 0 Å². The summed E-state index contributed by atoms with van der Waals surface area (Å²) in [7, 11) is 0. The minimum Gasteiger partial charge on any atom is -0.436 e. The Morgan fingerprint density at radius 2 is 2.25 bits per heavy atom. The first-order chi connectivity index (χ1) is 7.70. The number of halogens is 1. The first kappa shape index (κ1) is 9.59. The number of anilines is 1. The minimum absolute atomic E-state index is 0.109. The molecule has 1 aromatic carbocycles. The quantitative estimate of drug-likeness (QED) is 0.683. The summed E-state index contributed by atoms with van der Waals surface area (Å²) in [5, 5.41) is 3.31. The highest BCUT2D eigenvalue weighted by Gasteiger charge is 2.47. The summed E-state index contributed by atoms with van der Waals surface area (Å²) in [5.41, 5.74) is 0.761. The van der Waals surface area contributed by atoms with Gasteiger partial charge >= 0.3 is 6.09 Å². The molecule has 1 fully saturated rings. The molecule has 1 amide bonds. The van der Waals surface area contributed by atoms with E-state index in [0.29, 0.717) is 23.8 Å². The molecule has 3 rings (SSSR count). The predicted octanol–water partition coefficient (Wildman–Crippen LogP) is 2.03. The van der Waals surface area contributed by atoms with Gasteiger partial charge < -0.3 is 4.74 Å². The van der Waals surface area contributed by atoms with Crippen molar-refractivity contribution >= 4 is 11.8 Å². The van der Waals surface area contributed by atoms with Gasteiger partial charge in [-0.3, -0.25) is 5.32 Å². The van der Waals surface area contributed by atoms with E-state index in [2.05, 4.69) is 5.32 Å². The van der Waals surface area contributed by atoms with E-state index in [1.54, 1.807) is 6.07 Å². The number of carbonyl (C=O) groups is 1. The molecule has 2 aliphatic rings. The van der Waals surface area contributed by atoms with Crippen molar-refractivity contribution in [3.8, 4) is 0 Å². The Kier molecular flexibility index (Phi) is 1.91. The molecule has 16 heavy (non-hydrogen) atoms. The van der Waals surface area contributed by atoms with Crippen molar-refractivity contribution in [1.82, 2.24) is 5.12 Å². The lowest BCUT2D eigenvalue weighted by Gasteiger charge is -2.34. The van der Waals surface area contributed by atoms with Gasteiger partial charge in [0.1, 0.15) is 0 Å². The Labute approximate surface area is 91.9 Å². The zero-order valence-corrected chi connectivity index (χ0v) is 8.57. The van der Waals surface area contributed by atoms with Gasteiger partial charge in [-0.25, -0.2) is 4.79 Å². The number of carbonyl (C=O) groups excluding carboxylic acids is 1. The third kappa shape index (κ3) is 1.28. The van der Waals surface area contributed by atoms with Gasteiger partial charge in [-0.05, 0) is 6.07 Å². The van der Waals surface area contributed by atoms with Crippen molar-refractivity contribution < 1.29 is 14.0 Å². The number of ether oxygens (including phenoxy) is 1. The fourth-order valence-electron chi connectivity index (χ4n) is 2.40. The molecule has 1 spiro atoms. The number of nitrogens with one attached hydrogen (secondary N) is 1. The van der Waals surface area contributed by atoms with Crippen molar-refractivity contribution in [3.05, 3.63) is 29.8 Å². The van der Waals surface area contributed by atoms with E-state index >= 15 is 0 Å². The third-order valence-corrected chi connectivity index (χ3v) is 3.13. The number of nitrogens with zero attached hydrogens (tertiary/aromatic N) is 1. The predicted molar refractivity (Wildman–Crippen MR) is 55.5 cm³/mol. The molecule has 5 heteroatoms. The SMILES string of the molecule is O=C1Nc2ccccc2C2(CCN(F)C2)O1. The maximum atomic E-state index is 13.2. The van der Waals surface area contributed by atoms with Crippen molar-refractivity contribution in [3.63, 3.8) is 0 Å². The minimum atomic E-state index is -0.812. The highest BCUT2D eigenvalue weighted by Crippen LogP contribution is 2.42. The van der Waals surface area contributed by atoms with Gasteiger partial charge in [0.15, 0.2) is 5.60 Å². The first-order valence-corrected chi connectivity index (χ1v) is 5.20. The summed E-state index contributed by atoms with van der Waals surface area (Å²) in [4.78, 5) is 11.4. The van der Waals surface area contributed by atoms with Crippen LogP contribution in [0.15, 0.2) is 24.3 Å². The maximum Gasteiger partial charge on any atom is 0.412 e. The highest BCUT2D eigenvalue weighted by atomic mass is 19.2. The number of fused-ring (bicyclic) bond motifs is 2. The molecule has 0 saturated carbocycles. The van der Waals surface area contributed by atoms with Gasteiger partial charge in [0.2, 0.25) is 0 Å². The van der Waals surface area contributed by atoms with Crippen LogP contribution in [-0.4, -0.2) is 24.3 Å². The van der Waals surface area contributed by atoms with Crippen LogP contribution in [0.3, 0.4) is 0 Å². The van der Waals surface area contributed by atoms with E-state index in [1.807, 2.05) is 18.2 Å². The Hall–Kier alpha value is -1.62. The second-order valence-electron chi connectivity index (χ2n) is 4.15. The average molecular weight is 222 g/mol. The van der Waals surface area contributed by atoms with Crippen LogP contribution in [0.5, 0.6) is 0 Å². The van der Waals surface area contributed by atoms with Crippen LogP contribution in [-0.2, 0) is 10.3 Å². The Morgan fingerprint density at radius 1 is 1.44 bits per heavy atom. The van der Waals surface area contributed by atoms with E-state index in [0.717, 1.165) is 5.56 Å². The van der Waals surface area contributed by atoms with Crippen LogP contribution in [0.25, 0.3) is 0 Å². The zero-order chi connectivity index (χ0) is 11.2.